The van der Waals surface area contributed by atoms with Crippen molar-refractivity contribution in [1.82, 2.24) is 20.9 Å². The number of ether oxygens (including phenoxy) is 1. The number of hydrogen-bond acceptors (Lipinski definition) is 5. The van der Waals surface area contributed by atoms with Crippen LogP contribution in [-0.2, 0) is 9.53 Å². The number of carbonyl (C=O) groups is 1. The average molecular weight is 573 g/mol. The first kappa shape index (κ1) is 27.8. The van der Waals surface area contributed by atoms with Gasteiger partial charge in [0.15, 0.2) is 5.96 Å². The van der Waals surface area contributed by atoms with E-state index < -0.39 is 0 Å². The zero-order valence-corrected chi connectivity index (χ0v) is 22.3. The first-order valence-corrected chi connectivity index (χ1v) is 12.0. The van der Waals surface area contributed by atoms with E-state index in [-0.39, 0.29) is 41.5 Å². The standard InChI is InChI=1S/C24H40N6O2.HI/c1-3-26-23(28-21-9-13-30(14-10-21)17-22(25)31)27-18-24(11-15-32-16-12-24)29-19(2)20-7-5-4-6-8-20;/h4-8,19,21,29H,3,9-18H2,1-2H3,(H2,25,31)(H2,26,27,28);1H. The third-order valence-electron chi connectivity index (χ3n) is 6.46. The van der Waals surface area contributed by atoms with E-state index in [1.807, 2.05) is 0 Å². The van der Waals surface area contributed by atoms with Crippen LogP contribution in [0.3, 0.4) is 0 Å². The molecule has 9 heteroatoms. The number of nitrogens with two attached hydrogens (primary N) is 1. The van der Waals surface area contributed by atoms with Gasteiger partial charge in [0.25, 0.3) is 0 Å². The minimum absolute atomic E-state index is 0. The number of rotatable bonds is 9. The smallest absolute Gasteiger partial charge is 0.231 e. The second kappa shape index (κ2) is 14.1. The van der Waals surface area contributed by atoms with Gasteiger partial charge >= 0.3 is 0 Å². The number of hydrogen-bond donors (Lipinski definition) is 4. The molecule has 1 unspecified atom stereocenters. The summed E-state index contributed by atoms with van der Waals surface area (Å²) in [4.78, 5) is 18.3. The van der Waals surface area contributed by atoms with Crippen molar-refractivity contribution in [1.29, 1.82) is 0 Å². The van der Waals surface area contributed by atoms with Gasteiger partial charge in [-0.25, -0.2) is 0 Å². The topological polar surface area (TPSA) is 104 Å². The predicted octanol–water partition coefficient (Wildman–Crippen LogP) is 2.01. The number of primary amides is 1. The van der Waals surface area contributed by atoms with E-state index >= 15 is 0 Å². The van der Waals surface area contributed by atoms with Crippen LogP contribution in [0.2, 0.25) is 0 Å². The molecule has 0 bridgehead atoms. The largest absolute Gasteiger partial charge is 0.381 e. The molecule has 1 aromatic carbocycles. The zero-order valence-electron chi connectivity index (χ0n) is 20.0. The number of halogens is 1. The number of nitrogens with one attached hydrogen (secondary N) is 3. The molecule has 33 heavy (non-hydrogen) atoms. The van der Waals surface area contributed by atoms with E-state index in [0.717, 1.165) is 64.5 Å². The van der Waals surface area contributed by atoms with E-state index in [9.17, 15) is 4.79 Å². The molecule has 0 spiro atoms. The Morgan fingerprint density at radius 1 is 1.24 bits per heavy atom. The van der Waals surface area contributed by atoms with Crippen LogP contribution in [0.1, 0.15) is 51.1 Å². The Morgan fingerprint density at radius 3 is 2.52 bits per heavy atom. The van der Waals surface area contributed by atoms with Crippen molar-refractivity contribution in [2.24, 2.45) is 10.7 Å². The van der Waals surface area contributed by atoms with Crippen LogP contribution < -0.4 is 21.7 Å². The average Bonchev–Trinajstić information content (AvgIpc) is 2.80. The van der Waals surface area contributed by atoms with Gasteiger partial charge < -0.3 is 26.4 Å². The Bertz CT molecular complexity index is 734. The Balaban J connectivity index is 0.00000385. The number of amides is 1. The number of guanidine groups is 1. The number of likely N-dealkylation sites (tertiary alicyclic amines) is 1. The van der Waals surface area contributed by atoms with E-state index in [1.54, 1.807) is 0 Å². The molecule has 0 saturated carbocycles. The SMILES string of the molecule is CCNC(=NCC1(NC(C)c2ccccc2)CCOCC1)NC1CCN(CC(N)=O)CC1.I. The van der Waals surface area contributed by atoms with E-state index in [4.69, 9.17) is 15.5 Å². The fourth-order valence-electron chi connectivity index (χ4n) is 4.59. The molecule has 2 fully saturated rings. The normalized spacial score (nSPS) is 20.5. The molecule has 1 amide bonds. The maximum Gasteiger partial charge on any atom is 0.231 e. The lowest BCUT2D eigenvalue weighted by Gasteiger charge is -2.39. The lowest BCUT2D eigenvalue weighted by atomic mass is 9.88. The van der Waals surface area contributed by atoms with Gasteiger partial charge in [0.1, 0.15) is 0 Å². The molecule has 1 aromatic rings. The van der Waals surface area contributed by atoms with E-state index in [0.29, 0.717) is 19.1 Å². The van der Waals surface area contributed by atoms with Gasteiger partial charge in [-0.15, -0.1) is 24.0 Å². The highest BCUT2D eigenvalue weighted by molar-refractivity contribution is 14.0. The third-order valence-corrected chi connectivity index (χ3v) is 6.46. The summed E-state index contributed by atoms with van der Waals surface area (Å²) in [6, 6.07) is 11.2. The monoisotopic (exact) mass is 572 g/mol. The number of carbonyl (C=O) groups excluding carboxylic acids is 1. The summed E-state index contributed by atoms with van der Waals surface area (Å²) in [5.74, 6) is 0.603. The van der Waals surface area contributed by atoms with Crippen molar-refractivity contribution in [3.05, 3.63) is 35.9 Å². The summed E-state index contributed by atoms with van der Waals surface area (Å²) in [5.41, 5.74) is 6.54. The fraction of sp³-hybridized carbons (Fsp3) is 0.667. The molecule has 8 nitrogen and oxygen atoms in total. The summed E-state index contributed by atoms with van der Waals surface area (Å²) in [6.07, 6.45) is 3.83. The zero-order chi connectivity index (χ0) is 22.8. The Labute approximate surface area is 215 Å². The highest BCUT2D eigenvalue weighted by Gasteiger charge is 2.34. The number of nitrogens with zero attached hydrogens (tertiary/aromatic N) is 2. The summed E-state index contributed by atoms with van der Waals surface area (Å²) >= 11 is 0. The van der Waals surface area contributed by atoms with Gasteiger partial charge in [-0.1, -0.05) is 30.3 Å². The first-order valence-electron chi connectivity index (χ1n) is 12.0. The summed E-state index contributed by atoms with van der Waals surface area (Å²) < 4.78 is 5.67. The molecule has 3 rings (SSSR count). The van der Waals surface area contributed by atoms with E-state index in [2.05, 4.69) is 65.0 Å². The lowest BCUT2D eigenvalue weighted by molar-refractivity contribution is -0.119. The van der Waals surface area contributed by atoms with Crippen molar-refractivity contribution < 1.29 is 9.53 Å². The Morgan fingerprint density at radius 2 is 1.91 bits per heavy atom. The summed E-state index contributed by atoms with van der Waals surface area (Å²) in [5, 5.41) is 10.9. The number of piperidine rings is 1. The molecule has 2 saturated heterocycles. The minimum atomic E-state index is -0.259. The molecule has 2 aliphatic heterocycles. The van der Waals surface area contributed by atoms with Crippen LogP contribution in [-0.4, -0.2) is 74.3 Å². The second-order valence-electron chi connectivity index (χ2n) is 9.03. The molecule has 186 valence electrons. The molecule has 2 heterocycles. The lowest BCUT2D eigenvalue weighted by Crippen LogP contribution is -2.54. The quantitative estimate of drug-likeness (QED) is 0.205. The van der Waals surface area contributed by atoms with Gasteiger partial charge in [0.05, 0.1) is 13.1 Å². The van der Waals surface area contributed by atoms with Crippen LogP contribution in [0.4, 0.5) is 0 Å². The maximum absolute atomic E-state index is 11.2. The fourth-order valence-corrected chi connectivity index (χ4v) is 4.59. The minimum Gasteiger partial charge on any atom is -0.381 e. The molecule has 0 aromatic heterocycles. The summed E-state index contributed by atoms with van der Waals surface area (Å²) in [7, 11) is 0. The van der Waals surface area contributed by atoms with Crippen molar-refractivity contribution in [2.75, 3.05) is 45.9 Å². The molecule has 0 radical (unpaired) electrons. The van der Waals surface area contributed by atoms with Crippen molar-refractivity contribution in [3.8, 4) is 0 Å². The molecular weight excluding hydrogens is 531 g/mol. The summed E-state index contributed by atoms with van der Waals surface area (Å²) in [6.45, 7) is 9.43. The van der Waals surface area contributed by atoms with Crippen LogP contribution in [0.15, 0.2) is 35.3 Å². The van der Waals surface area contributed by atoms with Crippen LogP contribution in [0, 0.1) is 0 Å². The van der Waals surface area contributed by atoms with Crippen molar-refractivity contribution in [3.63, 3.8) is 0 Å². The molecule has 2 aliphatic rings. The van der Waals surface area contributed by atoms with Gasteiger partial charge in [0.2, 0.25) is 5.91 Å². The number of aliphatic imine (C=N–C) groups is 1. The van der Waals surface area contributed by atoms with Crippen LogP contribution >= 0.6 is 24.0 Å². The number of benzene rings is 1. The molecule has 1 atom stereocenters. The Kier molecular flexibility index (Phi) is 11.9. The highest BCUT2D eigenvalue weighted by atomic mass is 127. The van der Waals surface area contributed by atoms with Crippen LogP contribution in [0.25, 0.3) is 0 Å². The van der Waals surface area contributed by atoms with Gasteiger partial charge in [-0.05, 0) is 45.1 Å². The van der Waals surface area contributed by atoms with Crippen molar-refractivity contribution >= 4 is 35.8 Å². The molecule has 5 N–H and O–H groups in total. The third kappa shape index (κ3) is 9.03. The van der Waals surface area contributed by atoms with Gasteiger partial charge in [0, 0.05) is 50.5 Å². The van der Waals surface area contributed by atoms with Gasteiger partial charge in [-0.2, -0.15) is 0 Å². The van der Waals surface area contributed by atoms with Crippen LogP contribution in [0.5, 0.6) is 0 Å². The molecule has 0 aliphatic carbocycles. The van der Waals surface area contributed by atoms with E-state index in [1.165, 1.54) is 5.56 Å². The second-order valence-corrected chi connectivity index (χ2v) is 9.03. The van der Waals surface area contributed by atoms with Crippen molar-refractivity contribution in [2.45, 2.75) is 57.2 Å². The van der Waals surface area contributed by atoms with Gasteiger partial charge in [-0.3, -0.25) is 14.7 Å². The predicted molar refractivity (Wildman–Crippen MR) is 144 cm³/mol. The Hall–Kier alpha value is -1.43. The molecular formula is C24H41IN6O2. The highest BCUT2D eigenvalue weighted by Crippen LogP contribution is 2.26. The maximum atomic E-state index is 11.2. The first-order chi connectivity index (χ1) is 15.5.